The fraction of sp³-hybridized carbons (Fsp3) is 0.200. The van der Waals surface area contributed by atoms with E-state index in [4.69, 9.17) is 14.9 Å². The summed E-state index contributed by atoms with van der Waals surface area (Å²) in [6, 6.07) is 6.44. The molecule has 1 aromatic heterocycles. The lowest BCUT2D eigenvalue weighted by molar-refractivity contribution is -0.184. The third-order valence-electron chi connectivity index (χ3n) is 2.91. The fourth-order valence-electron chi connectivity index (χ4n) is 1.91. The predicted octanol–water partition coefficient (Wildman–Crippen LogP) is 2.27. The van der Waals surface area contributed by atoms with Crippen molar-refractivity contribution >= 4 is 11.7 Å². The Hall–Kier alpha value is -2.84. The van der Waals surface area contributed by atoms with Crippen LogP contribution in [0.25, 0.3) is 0 Å². The van der Waals surface area contributed by atoms with Crippen molar-refractivity contribution in [2.75, 3.05) is 19.5 Å². The molecule has 0 fully saturated rings. The Labute approximate surface area is 132 Å². The number of hydrogen-bond donors (Lipinski definition) is 2. The van der Waals surface area contributed by atoms with Crippen LogP contribution in [0.15, 0.2) is 36.7 Å². The lowest BCUT2D eigenvalue weighted by atomic mass is 10.1. The molecule has 0 saturated carbocycles. The van der Waals surface area contributed by atoms with E-state index < -0.39 is 5.97 Å². The van der Waals surface area contributed by atoms with Crippen LogP contribution >= 0.6 is 0 Å². The van der Waals surface area contributed by atoms with Gasteiger partial charge in [0.05, 0.1) is 31.7 Å². The summed E-state index contributed by atoms with van der Waals surface area (Å²) in [5.74, 6) is -0.182. The van der Waals surface area contributed by atoms with E-state index in [0.29, 0.717) is 23.7 Å². The summed E-state index contributed by atoms with van der Waals surface area (Å²) in [5, 5.41) is 12.2. The number of carbonyl (C=O) groups is 1. The number of aromatic nitrogens is 1. The molecule has 0 aliphatic rings. The molecule has 2 rings (SSSR count). The van der Waals surface area contributed by atoms with Crippen molar-refractivity contribution in [1.82, 2.24) is 4.98 Å². The number of carboxylic acids is 1. The predicted molar refractivity (Wildman–Crippen MR) is 80.2 cm³/mol. The summed E-state index contributed by atoms with van der Waals surface area (Å²) in [6.45, 7) is 0.304. The minimum atomic E-state index is -1.04. The van der Waals surface area contributed by atoms with E-state index in [9.17, 15) is 4.79 Å². The highest BCUT2D eigenvalue weighted by Crippen LogP contribution is 2.26. The number of rotatable bonds is 8. The van der Waals surface area contributed by atoms with Crippen molar-refractivity contribution in [3.8, 4) is 11.5 Å². The molecule has 2 aromatic rings. The van der Waals surface area contributed by atoms with Gasteiger partial charge < -0.3 is 20.2 Å². The molecule has 0 radical (unpaired) electrons. The number of hydrogen-bond acceptors (Lipinski definition) is 7. The summed E-state index contributed by atoms with van der Waals surface area (Å²) in [5.41, 5.74) is 1.27. The average Bonchev–Trinajstić information content (AvgIpc) is 2.55. The molecule has 0 aliphatic heterocycles. The van der Waals surface area contributed by atoms with E-state index in [-0.39, 0.29) is 5.56 Å². The maximum atomic E-state index is 11.2. The summed E-state index contributed by atoms with van der Waals surface area (Å²) in [6.07, 6.45) is 2.87. The van der Waals surface area contributed by atoms with Gasteiger partial charge in [0.15, 0.2) is 11.5 Å². The Bertz CT molecular complexity index is 677. The topological polar surface area (TPSA) is 99.1 Å². The lowest BCUT2D eigenvalue weighted by Gasteiger charge is -2.12. The van der Waals surface area contributed by atoms with E-state index in [1.54, 1.807) is 18.2 Å². The van der Waals surface area contributed by atoms with Gasteiger partial charge in [-0.1, -0.05) is 0 Å². The Morgan fingerprint density at radius 2 is 2.00 bits per heavy atom. The second kappa shape index (κ2) is 7.97. The Morgan fingerprint density at radius 3 is 2.70 bits per heavy atom. The number of anilines is 1. The van der Waals surface area contributed by atoms with E-state index in [0.717, 1.165) is 5.56 Å². The molecule has 0 amide bonds. The number of nitrogens with zero attached hydrogens (tertiary/aromatic N) is 1. The zero-order valence-electron chi connectivity index (χ0n) is 12.6. The maximum absolute atomic E-state index is 11.2. The van der Waals surface area contributed by atoms with E-state index in [2.05, 4.69) is 20.1 Å². The van der Waals surface area contributed by atoms with Gasteiger partial charge in [-0.2, -0.15) is 9.78 Å². The van der Waals surface area contributed by atoms with E-state index >= 15 is 0 Å². The molecule has 1 heterocycles. The van der Waals surface area contributed by atoms with Gasteiger partial charge in [-0.25, -0.2) is 4.79 Å². The van der Waals surface area contributed by atoms with Crippen LogP contribution in [0.3, 0.4) is 0 Å². The molecular weight excluding hydrogens is 304 g/mol. The highest BCUT2D eigenvalue weighted by atomic mass is 17.2. The number of carboxylic acid groups (broad SMARTS) is 1. The maximum Gasteiger partial charge on any atom is 0.337 e. The highest BCUT2D eigenvalue weighted by molar-refractivity contribution is 5.93. The molecule has 0 aliphatic carbocycles. The van der Waals surface area contributed by atoms with Gasteiger partial charge >= 0.3 is 5.97 Å². The molecule has 0 atom stereocenters. The highest BCUT2D eigenvalue weighted by Gasteiger charge is 2.12. The first-order valence-electron chi connectivity index (χ1n) is 6.61. The summed E-state index contributed by atoms with van der Waals surface area (Å²) in [7, 11) is 2.77. The van der Waals surface area contributed by atoms with Crippen molar-refractivity contribution in [3.05, 3.63) is 47.8 Å². The summed E-state index contributed by atoms with van der Waals surface area (Å²) in [4.78, 5) is 34.4. The largest absolute Gasteiger partial charge is 0.478 e. The van der Waals surface area contributed by atoms with Crippen molar-refractivity contribution in [2.45, 2.75) is 6.54 Å². The molecule has 8 heteroatoms. The van der Waals surface area contributed by atoms with Crippen molar-refractivity contribution in [2.24, 2.45) is 0 Å². The first-order valence-corrected chi connectivity index (χ1v) is 6.61. The van der Waals surface area contributed by atoms with Crippen LogP contribution in [0.2, 0.25) is 0 Å². The third-order valence-corrected chi connectivity index (χ3v) is 2.91. The van der Waals surface area contributed by atoms with Crippen LogP contribution in [0.1, 0.15) is 15.9 Å². The van der Waals surface area contributed by atoms with Gasteiger partial charge in [0.25, 0.3) is 0 Å². The number of pyridine rings is 1. The third kappa shape index (κ3) is 4.31. The van der Waals surface area contributed by atoms with Crippen LogP contribution in [-0.2, 0) is 16.3 Å². The van der Waals surface area contributed by atoms with Crippen LogP contribution in [-0.4, -0.2) is 30.3 Å². The average molecular weight is 320 g/mol. The molecule has 2 N–H and O–H groups in total. The zero-order valence-corrected chi connectivity index (χ0v) is 12.6. The number of aromatic carboxylic acids is 1. The molecule has 23 heavy (non-hydrogen) atoms. The standard InChI is InChI=1S/C15H16N2O6/c1-20-22-11-4-3-10(14(7-11)23-21-2)8-17-13-9-16-6-5-12(13)15(18)19/h3-7,9,17H,8H2,1-2H3,(H,18,19). The normalized spacial score (nSPS) is 10.2. The minimum Gasteiger partial charge on any atom is -0.478 e. The second-order valence-electron chi connectivity index (χ2n) is 4.35. The zero-order chi connectivity index (χ0) is 16.7. The van der Waals surface area contributed by atoms with Crippen LogP contribution in [0.4, 0.5) is 5.69 Å². The summed E-state index contributed by atoms with van der Waals surface area (Å²) < 4.78 is 0. The molecule has 0 saturated heterocycles. The van der Waals surface area contributed by atoms with Gasteiger partial charge in [0, 0.05) is 24.4 Å². The smallest absolute Gasteiger partial charge is 0.337 e. The molecular formula is C15H16N2O6. The van der Waals surface area contributed by atoms with Gasteiger partial charge in [-0.05, 0) is 18.2 Å². The monoisotopic (exact) mass is 320 g/mol. The lowest BCUT2D eigenvalue weighted by Crippen LogP contribution is -2.08. The number of benzene rings is 1. The number of nitrogens with one attached hydrogen (secondary N) is 1. The van der Waals surface area contributed by atoms with Gasteiger partial charge in [0.2, 0.25) is 0 Å². The van der Waals surface area contributed by atoms with Gasteiger partial charge in [-0.15, -0.1) is 0 Å². The first kappa shape index (κ1) is 16.5. The molecule has 122 valence electrons. The SMILES string of the molecule is COOc1ccc(CNc2cnccc2C(=O)O)c(OOC)c1. The van der Waals surface area contributed by atoms with Crippen molar-refractivity contribution < 1.29 is 29.5 Å². The van der Waals surface area contributed by atoms with E-state index in [1.807, 2.05) is 0 Å². The Balaban J connectivity index is 2.18. The molecule has 1 aromatic carbocycles. The summed E-state index contributed by atoms with van der Waals surface area (Å²) >= 11 is 0. The molecule has 0 spiro atoms. The van der Waals surface area contributed by atoms with Crippen LogP contribution in [0, 0.1) is 0 Å². The van der Waals surface area contributed by atoms with E-state index in [1.165, 1.54) is 32.7 Å². The van der Waals surface area contributed by atoms with Gasteiger partial charge in [-0.3, -0.25) is 4.98 Å². The van der Waals surface area contributed by atoms with Crippen molar-refractivity contribution in [1.29, 1.82) is 0 Å². The molecule has 0 bridgehead atoms. The van der Waals surface area contributed by atoms with Crippen molar-refractivity contribution in [3.63, 3.8) is 0 Å². The molecule has 8 nitrogen and oxygen atoms in total. The first-order chi connectivity index (χ1) is 11.2. The van der Waals surface area contributed by atoms with Gasteiger partial charge in [0.1, 0.15) is 0 Å². The Morgan fingerprint density at radius 1 is 1.22 bits per heavy atom. The Kier molecular flexibility index (Phi) is 5.73. The second-order valence-corrected chi connectivity index (χ2v) is 4.35. The quantitative estimate of drug-likeness (QED) is 0.564. The minimum absolute atomic E-state index is 0.133. The van der Waals surface area contributed by atoms with Crippen LogP contribution < -0.4 is 15.1 Å². The van der Waals surface area contributed by atoms with Crippen LogP contribution in [0.5, 0.6) is 11.5 Å². The molecule has 0 unspecified atom stereocenters. The fourth-order valence-corrected chi connectivity index (χ4v) is 1.91.